The van der Waals surface area contributed by atoms with Gasteiger partial charge in [0.2, 0.25) is 0 Å². The fourth-order valence-electron chi connectivity index (χ4n) is 9.68. The number of carbonyl (C=O) groups excluding carboxylic acids is 3. The summed E-state index contributed by atoms with van der Waals surface area (Å²) >= 11 is 0. The number of carboxylic acid groups (broad SMARTS) is 1. The number of rotatable bonds is 8. The molecule has 4 aliphatic rings. The molecule has 1 amide bonds. The zero-order valence-corrected chi connectivity index (χ0v) is 41.8. The quantitative estimate of drug-likeness (QED) is 0.125. The minimum atomic E-state index is -1.54. The van der Waals surface area contributed by atoms with Crippen LogP contribution in [-0.4, -0.2) is 184 Å². The highest BCUT2D eigenvalue weighted by atomic mass is 16.5. The van der Waals surface area contributed by atoms with Crippen molar-refractivity contribution in [3.63, 3.8) is 0 Å². The Kier molecular flexibility index (Phi) is 14.2. The van der Waals surface area contributed by atoms with Crippen LogP contribution in [0.3, 0.4) is 0 Å². The number of nitrogens with zero attached hydrogens (tertiary/aromatic N) is 13. The maximum atomic E-state index is 13.4. The number of aryl methyl sites for hydroxylation is 2. The van der Waals surface area contributed by atoms with Crippen LogP contribution in [0.4, 0.5) is 0 Å². The molecular formula is C52H54N16O7. The summed E-state index contributed by atoms with van der Waals surface area (Å²) in [7, 11) is 2.92. The Morgan fingerprint density at radius 2 is 1.07 bits per heavy atom. The number of fused-ring (bicyclic) bond motifs is 4. The van der Waals surface area contributed by atoms with Crippen LogP contribution in [0.5, 0.6) is 11.5 Å². The van der Waals surface area contributed by atoms with Crippen LogP contribution in [0.2, 0.25) is 0 Å². The highest BCUT2D eigenvalue weighted by Gasteiger charge is 2.32. The topological polar surface area (TPSA) is 272 Å². The van der Waals surface area contributed by atoms with Crippen LogP contribution in [-0.2, 0) is 22.4 Å². The first-order valence-corrected chi connectivity index (χ1v) is 24.5. The maximum absolute atomic E-state index is 13.4. The van der Waals surface area contributed by atoms with Crippen molar-refractivity contribution in [1.29, 1.82) is 0 Å². The molecule has 8 aromatic rings. The number of aromatic nitrogens is 10. The summed E-state index contributed by atoms with van der Waals surface area (Å²) in [5.41, 5.74) is 6.46. The van der Waals surface area contributed by atoms with E-state index in [4.69, 9.17) is 24.6 Å². The van der Waals surface area contributed by atoms with Crippen LogP contribution in [0.25, 0.3) is 33.4 Å². The number of ketones is 2. The Morgan fingerprint density at radius 3 is 1.52 bits per heavy atom. The molecule has 2 aromatic carbocycles. The van der Waals surface area contributed by atoms with Gasteiger partial charge in [-0.3, -0.25) is 24.4 Å². The van der Waals surface area contributed by atoms with E-state index in [2.05, 4.69) is 97.7 Å². The summed E-state index contributed by atoms with van der Waals surface area (Å²) in [5, 5.41) is 21.6. The molecule has 0 spiro atoms. The number of amides is 1. The molecule has 0 radical (unpaired) electrons. The molecule has 0 atom stereocenters. The second-order valence-corrected chi connectivity index (χ2v) is 17.9. The van der Waals surface area contributed by atoms with Crippen LogP contribution in [0.1, 0.15) is 54.6 Å². The maximum Gasteiger partial charge on any atom is 0.377 e. The molecule has 0 unspecified atom stereocenters. The van der Waals surface area contributed by atoms with E-state index in [-0.39, 0.29) is 11.1 Å². The van der Waals surface area contributed by atoms with E-state index in [9.17, 15) is 19.2 Å². The van der Waals surface area contributed by atoms with Gasteiger partial charge in [0.15, 0.2) is 11.6 Å². The number of carbonyl (C=O) groups is 4. The minimum absolute atomic E-state index is 0.000151. The number of aromatic amines is 2. The Balaban J connectivity index is 0.000000142. The van der Waals surface area contributed by atoms with Gasteiger partial charge in [0.1, 0.15) is 47.5 Å². The third-order valence-electron chi connectivity index (χ3n) is 13.4. The first-order valence-electron chi connectivity index (χ1n) is 24.5. The number of nitrogens with one attached hydrogen (secondary N) is 3. The van der Waals surface area contributed by atoms with Gasteiger partial charge in [0.05, 0.1) is 59.5 Å². The van der Waals surface area contributed by atoms with Gasteiger partial charge in [-0.1, -0.05) is 48.5 Å². The van der Waals surface area contributed by atoms with Crippen molar-refractivity contribution in [1.82, 2.24) is 69.5 Å². The van der Waals surface area contributed by atoms with E-state index in [0.29, 0.717) is 82.8 Å². The molecule has 4 aliphatic heterocycles. The highest BCUT2D eigenvalue weighted by Crippen LogP contribution is 2.33. The Morgan fingerprint density at radius 1 is 0.600 bits per heavy atom. The van der Waals surface area contributed by atoms with Crippen molar-refractivity contribution in [3.8, 4) is 23.1 Å². The van der Waals surface area contributed by atoms with Crippen molar-refractivity contribution in [2.24, 2.45) is 9.98 Å². The Labute approximate surface area is 429 Å². The van der Waals surface area contributed by atoms with Gasteiger partial charge in [0.25, 0.3) is 17.5 Å². The number of Topliss-reactive ketones (excluding diaryl/α,β-unsaturated/α-hetero) is 2. The number of piperazine rings is 2. The lowest BCUT2D eigenvalue weighted by Crippen LogP contribution is -2.52. The number of hydrogen-bond donors (Lipinski definition) is 4. The van der Waals surface area contributed by atoms with Gasteiger partial charge < -0.3 is 44.6 Å². The number of H-pyrrole nitrogens is 2. The van der Waals surface area contributed by atoms with Gasteiger partial charge >= 0.3 is 5.97 Å². The molecule has 0 saturated carbocycles. The number of pyridine rings is 2. The molecular weight excluding hydrogens is 961 g/mol. The first kappa shape index (κ1) is 49.5. The molecule has 10 heterocycles. The third-order valence-corrected chi connectivity index (χ3v) is 13.4. The van der Waals surface area contributed by atoms with Gasteiger partial charge in [-0.2, -0.15) is 10.2 Å². The summed E-state index contributed by atoms with van der Waals surface area (Å²) in [6.45, 7) is 11.6. The number of aliphatic carboxylic acids is 1. The molecule has 12 rings (SSSR count). The largest absolute Gasteiger partial charge is 0.494 e. The van der Waals surface area contributed by atoms with Gasteiger partial charge in [-0.05, 0) is 37.8 Å². The lowest BCUT2D eigenvalue weighted by molar-refractivity contribution is -0.131. The number of benzene rings is 2. The number of amidine groups is 2. The lowest BCUT2D eigenvalue weighted by atomic mass is 10.00. The fraction of sp³-hybridized carbons (Fsp3) is 0.308. The van der Waals surface area contributed by atoms with Crippen molar-refractivity contribution < 1.29 is 33.8 Å². The van der Waals surface area contributed by atoms with Crippen molar-refractivity contribution in [2.75, 3.05) is 79.7 Å². The molecule has 4 N–H and O–H groups in total. The summed E-state index contributed by atoms with van der Waals surface area (Å²) < 4.78 is 13.6. The Bertz CT molecular complexity index is 3520. The normalized spacial score (nSPS) is 15.1. The second-order valence-electron chi connectivity index (χ2n) is 17.9. The monoisotopic (exact) mass is 1010 g/mol. The predicted molar refractivity (Wildman–Crippen MR) is 277 cm³/mol. The molecule has 2 fully saturated rings. The minimum Gasteiger partial charge on any atom is -0.494 e. The van der Waals surface area contributed by atoms with Crippen LogP contribution >= 0.6 is 0 Å². The Hall–Kier alpha value is -9.12. The van der Waals surface area contributed by atoms with E-state index >= 15 is 0 Å². The average molecular weight is 1020 g/mol. The average Bonchev–Trinajstić information content (AvgIpc) is 4.30. The predicted octanol–water partition coefficient (Wildman–Crippen LogP) is 3.41. The molecule has 384 valence electrons. The smallest absolute Gasteiger partial charge is 0.377 e. The number of carboxylic acids is 1. The fourth-order valence-corrected chi connectivity index (χ4v) is 9.68. The van der Waals surface area contributed by atoms with E-state index in [1.807, 2.05) is 6.07 Å². The van der Waals surface area contributed by atoms with Crippen molar-refractivity contribution >= 4 is 56.9 Å². The number of methoxy groups -OCH3 is 2. The second kappa shape index (κ2) is 21.5. The molecule has 2 saturated heterocycles. The molecule has 0 aliphatic carbocycles. The molecule has 6 aromatic heterocycles. The molecule has 23 nitrogen and oxygen atoms in total. The number of ether oxygens (including phenoxy) is 2. The van der Waals surface area contributed by atoms with E-state index < -0.39 is 23.4 Å². The highest BCUT2D eigenvalue weighted by molar-refractivity contribution is 6.45. The van der Waals surface area contributed by atoms with Crippen LogP contribution < -0.4 is 14.8 Å². The first-order chi connectivity index (χ1) is 36.5. The molecule has 75 heavy (non-hydrogen) atoms. The summed E-state index contributed by atoms with van der Waals surface area (Å²) in [6, 6.07) is 17.0. The lowest BCUT2D eigenvalue weighted by Gasteiger charge is -2.37. The third kappa shape index (κ3) is 9.91. The summed E-state index contributed by atoms with van der Waals surface area (Å²) in [6.07, 6.45) is 10.8. The summed E-state index contributed by atoms with van der Waals surface area (Å²) in [4.78, 5) is 88.0. The van der Waals surface area contributed by atoms with Crippen molar-refractivity contribution in [2.45, 2.75) is 26.7 Å². The zero-order valence-electron chi connectivity index (χ0n) is 41.8. The van der Waals surface area contributed by atoms with Gasteiger partial charge in [-0.15, -0.1) is 0 Å². The van der Waals surface area contributed by atoms with Gasteiger partial charge in [0, 0.05) is 89.0 Å². The number of hydrogen-bond acceptors (Lipinski definition) is 17. The van der Waals surface area contributed by atoms with E-state index in [1.54, 1.807) is 25.1 Å². The van der Waals surface area contributed by atoms with Crippen molar-refractivity contribution in [3.05, 3.63) is 131 Å². The van der Waals surface area contributed by atoms with E-state index in [0.717, 1.165) is 63.5 Å². The summed E-state index contributed by atoms with van der Waals surface area (Å²) in [5.74, 6) is 1.17. The standard InChI is InChI=1S/C26H26N8O3.C13H11N5O4.C13H17N3/c1-16-30-15-34(31-16)25-22-21(20(37-2)14-29-25)19(13-28-22)23(35)26(36)33-11-9-32(10-12-33)24-18-6-4-3-5-17(18)7-8-27-24;1-6-16-5-18(17-6)12-10-9(8(22-2)4-15-12)7(3-14-10)11(19)13(20)21;1-2-4-12-11(3-1)5-6-15-13(12)16-9-7-14-8-10-16/h3-6,13-15,28H,7-12H2,1-2H3;3-5,14H,1-2H3,(H,20,21);1-4,14H,5-10H2. The molecule has 23 heteroatoms. The zero-order chi connectivity index (χ0) is 52.2. The van der Waals surface area contributed by atoms with Crippen LogP contribution in [0, 0.1) is 13.8 Å². The van der Waals surface area contributed by atoms with Crippen LogP contribution in [0.15, 0.2) is 96.0 Å². The molecule has 0 bridgehead atoms. The SMILES string of the molecule is COc1cnc(-n2cnc(C)n2)c2[nH]cc(C(=O)C(=O)N3CCN(C4=NCCc5ccccc54)CC3)c12.COc1cnc(-n2cnc(C)n2)c2[nH]cc(C(=O)C(=O)O)c12.c1ccc2c(c1)CCN=C2N1CCNCC1. The van der Waals surface area contributed by atoms with Gasteiger partial charge in [-0.25, -0.2) is 34.1 Å². The number of aliphatic imine (C=N–C) groups is 2. The van der Waals surface area contributed by atoms with E-state index in [1.165, 1.54) is 77.2 Å².